The number of aromatic nitrogens is 6. The number of nitrogens with one attached hydrogen (secondary N) is 3. The summed E-state index contributed by atoms with van der Waals surface area (Å²) in [6.45, 7) is 0. The molecule has 0 atom stereocenters. The molecule has 10 aromatic carbocycles. The smallest absolute Gasteiger partial charge is 0.404 e. The topological polar surface area (TPSA) is 164 Å². The largest absolute Gasteiger partial charge is 0.573 e. The Labute approximate surface area is 480 Å². The van der Waals surface area contributed by atoms with Crippen molar-refractivity contribution >= 4 is 72.6 Å². The molecular formula is C69H47F3N10O2. The number of anilines is 6. The lowest BCUT2D eigenvalue weighted by Gasteiger charge is -2.15. The number of nitrogens with zero attached hydrogens (tertiary/aromatic N) is 7. The highest BCUT2D eigenvalue weighted by atomic mass is 19.4. The van der Waals surface area contributed by atoms with E-state index < -0.39 is 6.36 Å². The van der Waals surface area contributed by atoms with E-state index in [2.05, 4.69) is 57.3 Å². The van der Waals surface area contributed by atoms with Gasteiger partial charge in [0.1, 0.15) is 17.1 Å². The number of fused-ring (bicyclic) bond motifs is 3. The van der Waals surface area contributed by atoms with Gasteiger partial charge in [-0.1, -0.05) is 224 Å². The van der Waals surface area contributed by atoms with Crippen molar-refractivity contribution < 1.29 is 22.7 Å². The second-order valence-corrected chi connectivity index (χ2v) is 18.8. The van der Waals surface area contributed by atoms with Crippen molar-refractivity contribution in [3.8, 4) is 45.6 Å². The lowest BCUT2D eigenvalue weighted by atomic mass is 10.0. The van der Waals surface area contributed by atoms with Crippen LogP contribution in [0.1, 0.15) is 21.5 Å². The van der Waals surface area contributed by atoms with Crippen LogP contribution < -0.4 is 20.7 Å². The van der Waals surface area contributed by atoms with Crippen LogP contribution in [0.2, 0.25) is 0 Å². The molecule has 0 radical (unpaired) electrons. The van der Waals surface area contributed by atoms with Gasteiger partial charge < -0.3 is 20.7 Å². The van der Waals surface area contributed by atoms with Gasteiger partial charge in [0.25, 0.3) is 0 Å². The van der Waals surface area contributed by atoms with Crippen LogP contribution in [0.15, 0.2) is 267 Å². The van der Waals surface area contributed by atoms with Crippen molar-refractivity contribution in [1.82, 2.24) is 30.6 Å². The standard InChI is InChI=1S/C27H19N3O.C21H14F3N3O.C21H14N4/c31-26(20-12-5-2-6-13-20)21-14-9-15-22(18-21)28-27-24-17-8-7-16-23(24)25(29-30-27)19-10-3-1-4-11-19;22-21(23,24)28-18-13-7-6-12-17(18)25-20-16-11-5-4-10-15(16)19(26-27-20)14-8-2-1-3-9-14;22-14-15-7-6-10-17(13-15)23-21-19-12-5-4-11-18(19)20(24-25-21)16-8-2-1-3-9-16/h1-18H,(H,28,30);1-13H,(H,25,27);1-13H,(H,23,25). The first-order chi connectivity index (χ1) is 41.2. The van der Waals surface area contributed by atoms with Gasteiger partial charge in [-0.2, -0.15) is 5.26 Å². The maximum atomic E-state index is 12.8. The third-order valence-corrected chi connectivity index (χ3v) is 13.2. The van der Waals surface area contributed by atoms with Crippen LogP contribution in [0.4, 0.5) is 47.7 Å². The second kappa shape index (κ2) is 25.2. The minimum Gasteiger partial charge on any atom is -0.404 e. The highest BCUT2D eigenvalue weighted by molar-refractivity contribution is 6.10. The van der Waals surface area contributed by atoms with Gasteiger partial charge in [0.2, 0.25) is 0 Å². The van der Waals surface area contributed by atoms with Crippen molar-refractivity contribution in [3.05, 3.63) is 284 Å². The Balaban J connectivity index is 0.000000132. The van der Waals surface area contributed by atoms with E-state index in [0.29, 0.717) is 39.8 Å². The molecule has 3 aromatic heterocycles. The molecule has 0 amide bonds. The highest BCUT2D eigenvalue weighted by Gasteiger charge is 2.32. The Kier molecular flexibility index (Phi) is 16.3. The Morgan fingerprint density at radius 1 is 0.381 bits per heavy atom. The lowest BCUT2D eigenvalue weighted by Crippen LogP contribution is -2.18. The number of hydrogen-bond acceptors (Lipinski definition) is 12. The summed E-state index contributed by atoms with van der Waals surface area (Å²) in [5, 5.41) is 50.5. The third kappa shape index (κ3) is 12.8. The summed E-state index contributed by atoms with van der Waals surface area (Å²) >= 11 is 0. The number of ether oxygens (including phenoxy) is 1. The number of para-hydroxylation sites is 2. The van der Waals surface area contributed by atoms with Crippen LogP contribution in [-0.4, -0.2) is 42.7 Å². The average molecular weight is 1110 g/mol. The van der Waals surface area contributed by atoms with E-state index in [1.54, 1.807) is 18.2 Å². The summed E-state index contributed by atoms with van der Waals surface area (Å²) in [4.78, 5) is 12.8. The molecule has 0 aliphatic rings. The molecule has 0 spiro atoms. The molecule has 3 N–H and O–H groups in total. The number of alkyl halides is 3. The van der Waals surface area contributed by atoms with Crippen LogP contribution in [0.5, 0.6) is 5.75 Å². The zero-order chi connectivity index (χ0) is 57.7. The van der Waals surface area contributed by atoms with Crippen LogP contribution in [0.3, 0.4) is 0 Å². The van der Waals surface area contributed by atoms with Crippen LogP contribution in [0.25, 0.3) is 66.1 Å². The maximum absolute atomic E-state index is 12.8. The Bertz CT molecular complexity index is 4480. The molecule has 0 aliphatic carbocycles. The third-order valence-electron chi connectivity index (χ3n) is 13.2. The minimum absolute atomic E-state index is 0.0142. The monoisotopic (exact) mass is 1100 g/mol. The summed E-state index contributed by atoms with van der Waals surface area (Å²) in [5.41, 5.74) is 8.97. The molecule has 12 nitrogen and oxygen atoms in total. The molecular weight excluding hydrogens is 1060 g/mol. The molecule has 0 saturated carbocycles. The Morgan fingerprint density at radius 3 is 1.20 bits per heavy atom. The first-order valence-electron chi connectivity index (χ1n) is 26.4. The van der Waals surface area contributed by atoms with Crippen molar-refractivity contribution in [3.63, 3.8) is 0 Å². The number of nitriles is 1. The number of ketones is 1. The zero-order valence-electron chi connectivity index (χ0n) is 44.5. The van der Waals surface area contributed by atoms with E-state index in [-0.39, 0.29) is 17.2 Å². The van der Waals surface area contributed by atoms with Crippen LogP contribution >= 0.6 is 0 Å². The van der Waals surface area contributed by atoms with Gasteiger partial charge >= 0.3 is 6.36 Å². The fraction of sp³-hybridized carbons (Fsp3) is 0.0145. The summed E-state index contributed by atoms with van der Waals surface area (Å²) in [7, 11) is 0. The number of benzene rings is 10. The lowest BCUT2D eigenvalue weighted by molar-refractivity contribution is -0.274. The van der Waals surface area contributed by atoms with E-state index >= 15 is 0 Å². The van der Waals surface area contributed by atoms with E-state index in [1.165, 1.54) is 18.2 Å². The summed E-state index contributed by atoms with van der Waals surface area (Å²) in [6.07, 6.45) is -4.79. The predicted molar refractivity (Wildman–Crippen MR) is 325 cm³/mol. The maximum Gasteiger partial charge on any atom is 0.573 e. The van der Waals surface area contributed by atoms with Gasteiger partial charge in [0.05, 0.1) is 17.3 Å². The van der Waals surface area contributed by atoms with E-state index in [9.17, 15) is 18.0 Å². The second-order valence-electron chi connectivity index (χ2n) is 18.8. The van der Waals surface area contributed by atoms with Crippen molar-refractivity contribution in [2.24, 2.45) is 0 Å². The SMILES string of the molecule is FC(F)(F)Oc1ccccc1Nc1nnc(-c2ccccc2)c2ccccc12.N#Cc1cccc(Nc2nnc(-c3ccccc3)c3ccccc23)c1.O=C(c1ccccc1)c1cccc(Nc2nnc(-c3ccccc3)c3ccccc23)c1. The van der Waals surface area contributed by atoms with Gasteiger partial charge in [0.15, 0.2) is 29.0 Å². The van der Waals surface area contributed by atoms with Crippen molar-refractivity contribution in [1.29, 1.82) is 5.26 Å². The molecule has 0 unspecified atom stereocenters. The highest BCUT2D eigenvalue weighted by Crippen LogP contribution is 2.37. The molecule has 15 heteroatoms. The molecule has 0 saturated heterocycles. The van der Waals surface area contributed by atoms with Gasteiger partial charge in [-0.15, -0.1) is 43.8 Å². The number of carbonyl (C=O) groups excluding carboxylic acids is 1. The first kappa shape index (κ1) is 54.3. The summed E-state index contributed by atoms with van der Waals surface area (Å²) < 4.78 is 42.1. The number of halogens is 3. The fourth-order valence-corrected chi connectivity index (χ4v) is 9.36. The average Bonchev–Trinajstić information content (AvgIpc) is 3.05. The Hall–Kier alpha value is -11.6. The number of carbonyl (C=O) groups is 1. The van der Waals surface area contributed by atoms with E-state index in [1.807, 2.05) is 231 Å². The molecule has 3 heterocycles. The Morgan fingerprint density at radius 2 is 0.750 bits per heavy atom. The van der Waals surface area contributed by atoms with Gasteiger partial charge in [-0.25, -0.2) is 0 Å². The summed E-state index contributed by atoms with van der Waals surface area (Å²) in [5.74, 6) is 1.31. The normalized spacial score (nSPS) is 10.8. The fourth-order valence-electron chi connectivity index (χ4n) is 9.36. The molecule has 0 bridgehead atoms. The van der Waals surface area contributed by atoms with Gasteiger partial charge in [0, 0.05) is 71.5 Å². The molecule has 13 aromatic rings. The van der Waals surface area contributed by atoms with Crippen LogP contribution in [-0.2, 0) is 0 Å². The minimum atomic E-state index is -4.79. The van der Waals surface area contributed by atoms with Crippen molar-refractivity contribution in [2.75, 3.05) is 16.0 Å². The molecule has 0 aliphatic heterocycles. The van der Waals surface area contributed by atoms with E-state index in [0.717, 1.165) is 71.8 Å². The quantitative estimate of drug-likeness (QED) is 0.0994. The molecule has 0 fully saturated rings. The van der Waals surface area contributed by atoms with Crippen LogP contribution in [0, 0.1) is 11.3 Å². The van der Waals surface area contributed by atoms with E-state index in [4.69, 9.17) is 5.26 Å². The summed E-state index contributed by atoms with van der Waals surface area (Å²) in [6, 6.07) is 85.2. The van der Waals surface area contributed by atoms with Gasteiger partial charge in [-0.3, -0.25) is 4.79 Å². The molecule has 84 heavy (non-hydrogen) atoms. The molecule has 406 valence electrons. The van der Waals surface area contributed by atoms with Crippen molar-refractivity contribution in [2.45, 2.75) is 6.36 Å². The number of hydrogen-bond donors (Lipinski definition) is 3. The first-order valence-corrected chi connectivity index (χ1v) is 26.4. The zero-order valence-corrected chi connectivity index (χ0v) is 44.5. The predicted octanol–water partition coefficient (Wildman–Crippen LogP) is 17.1. The number of rotatable bonds is 12. The van der Waals surface area contributed by atoms with Gasteiger partial charge in [-0.05, 0) is 42.5 Å². The molecule has 13 rings (SSSR count).